The van der Waals surface area contributed by atoms with Gasteiger partial charge < -0.3 is 20.1 Å². The molecule has 0 heterocycles. The first-order valence-electron chi connectivity index (χ1n) is 32.5. The molecule has 0 aliphatic heterocycles. The van der Waals surface area contributed by atoms with Crippen LogP contribution >= 0.6 is 7.82 Å². The SMILES string of the molecule is CCCCCCC/C=C\C/C=C\C/C=C\CCCCCCCCC(=O)OC(COC(=O)CCCCCCCCCCCCCCCCCCCCCCCCCCCCCCCCCCC)COP(=O)(O)OCCN. The van der Waals surface area contributed by atoms with Gasteiger partial charge in [-0.2, -0.15) is 0 Å². The minimum atomic E-state index is -4.39. The fourth-order valence-corrected chi connectivity index (χ4v) is 10.5. The Labute approximate surface area is 464 Å². The molecule has 0 aliphatic carbocycles. The minimum Gasteiger partial charge on any atom is -0.462 e. The Morgan fingerprint density at radius 1 is 0.400 bits per heavy atom. The molecule has 0 aromatic rings. The van der Waals surface area contributed by atoms with E-state index in [0.29, 0.717) is 6.42 Å². The van der Waals surface area contributed by atoms with E-state index in [9.17, 15) is 19.0 Å². The first-order valence-corrected chi connectivity index (χ1v) is 34.0. The van der Waals surface area contributed by atoms with Crippen molar-refractivity contribution in [2.24, 2.45) is 5.73 Å². The summed E-state index contributed by atoms with van der Waals surface area (Å²) in [6.07, 6.45) is 75.2. The van der Waals surface area contributed by atoms with Crippen LogP contribution in [0.15, 0.2) is 36.5 Å². The van der Waals surface area contributed by atoms with Crippen LogP contribution in [0.1, 0.15) is 335 Å². The molecule has 0 saturated carbocycles. The summed E-state index contributed by atoms with van der Waals surface area (Å²) < 4.78 is 33.1. The van der Waals surface area contributed by atoms with Crippen LogP contribution < -0.4 is 5.73 Å². The minimum absolute atomic E-state index is 0.0520. The summed E-state index contributed by atoms with van der Waals surface area (Å²) in [6.45, 7) is 3.77. The molecule has 0 radical (unpaired) electrons. The zero-order valence-electron chi connectivity index (χ0n) is 49.6. The van der Waals surface area contributed by atoms with Crippen molar-refractivity contribution in [3.05, 3.63) is 36.5 Å². The van der Waals surface area contributed by atoms with Crippen LogP contribution in [0.3, 0.4) is 0 Å². The van der Waals surface area contributed by atoms with E-state index in [1.165, 1.54) is 231 Å². The summed E-state index contributed by atoms with van der Waals surface area (Å²) in [5, 5.41) is 0. The van der Waals surface area contributed by atoms with Crippen molar-refractivity contribution >= 4 is 19.8 Å². The molecule has 2 unspecified atom stereocenters. The molecule has 10 heteroatoms. The van der Waals surface area contributed by atoms with Gasteiger partial charge in [0.05, 0.1) is 13.2 Å². The first kappa shape index (κ1) is 73.2. The second-order valence-corrected chi connectivity index (χ2v) is 23.4. The van der Waals surface area contributed by atoms with Gasteiger partial charge in [0.2, 0.25) is 0 Å². The standard InChI is InChI=1S/C65H124NO8P/c1-3-5-7-9-11-13-15-17-19-21-23-25-26-27-28-29-30-31-32-33-34-35-36-38-39-41-43-45-47-49-51-53-55-57-64(67)71-61-63(62-73-75(69,70)72-60-59-66)74-65(68)58-56-54-52-50-48-46-44-42-40-37-24-22-20-18-16-14-12-10-8-6-4-2/h16,18,22,24,40,42,63H,3-15,17,19-21,23,25-39,41,43-62,66H2,1-2H3,(H,69,70)/b18-16-,24-22-,42-40-. The molecule has 0 rings (SSSR count). The highest BCUT2D eigenvalue weighted by atomic mass is 31.2. The fraction of sp³-hybridized carbons (Fsp3) is 0.877. The lowest BCUT2D eigenvalue weighted by Crippen LogP contribution is -2.29. The second-order valence-electron chi connectivity index (χ2n) is 22.0. The lowest BCUT2D eigenvalue weighted by molar-refractivity contribution is -0.161. The van der Waals surface area contributed by atoms with E-state index >= 15 is 0 Å². The van der Waals surface area contributed by atoms with Crippen LogP contribution in [0.2, 0.25) is 0 Å². The number of hydrogen-bond acceptors (Lipinski definition) is 8. The quantitative estimate of drug-likeness (QED) is 0.0264. The van der Waals surface area contributed by atoms with Gasteiger partial charge in [-0.25, -0.2) is 4.57 Å². The van der Waals surface area contributed by atoms with Crippen molar-refractivity contribution in [2.75, 3.05) is 26.4 Å². The zero-order valence-corrected chi connectivity index (χ0v) is 50.4. The van der Waals surface area contributed by atoms with Gasteiger partial charge in [-0.3, -0.25) is 18.6 Å². The summed E-state index contributed by atoms with van der Waals surface area (Å²) in [6, 6.07) is 0. The van der Waals surface area contributed by atoms with Gasteiger partial charge in [0.25, 0.3) is 0 Å². The Morgan fingerprint density at radius 2 is 0.693 bits per heavy atom. The Bertz CT molecular complexity index is 1320. The molecule has 0 aromatic heterocycles. The van der Waals surface area contributed by atoms with Gasteiger partial charge in [0, 0.05) is 19.4 Å². The Balaban J connectivity index is 3.84. The van der Waals surface area contributed by atoms with E-state index in [4.69, 9.17) is 24.3 Å². The number of unbranched alkanes of at least 4 members (excludes halogenated alkanes) is 43. The van der Waals surface area contributed by atoms with Gasteiger partial charge in [0.1, 0.15) is 6.61 Å². The van der Waals surface area contributed by atoms with Crippen LogP contribution in [0, 0.1) is 0 Å². The molecule has 0 saturated heterocycles. The van der Waals surface area contributed by atoms with Crippen LogP contribution in [0.25, 0.3) is 0 Å². The normalized spacial score (nSPS) is 13.2. The number of allylic oxidation sites excluding steroid dienone is 6. The van der Waals surface area contributed by atoms with Crippen molar-refractivity contribution in [2.45, 2.75) is 341 Å². The fourth-order valence-electron chi connectivity index (χ4n) is 9.71. The molecular formula is C65H124NO8P. The highest BCUT2D eigenvalue weighted by Gasteiger charge is 2.26. The molecule has 0 spiro atoms. The summed E-state index contributed by atoms with van der Waals surface area (Å²) in [7, 11) is -4.39. The monoisotopic (exact) mass is 1080 g/mol. The molecule has 3 N–H and O–H groups in total. The largest absolute Gasteiger partial charge is 0.472 e. The van der Waals surface area contributed by atoms with Crippen molar-refractivity contribution in [1.82, 2.24) is 0 Å². The third-order valence-corrected chi connectivity index (χ3v) is 15.5. The van der Waals surface area contributed by atoms with Crippen LogP contribution in [0.5, 0.6) is 0 Å². The average molecular weight is 1080 g/mol. The summed E-state index contributed by atoms with van der Waals surface area (Å²) in [4.78, 5) is 35.2. The second kappa shape index (κ2) is 61.4. The third kappa shape index (κ3) is 61.3. The van der Waals surface area contributed by atoms with Crippen LogP contribution in [0.4, 0.5) is 0 Å². The van der Waals surface area contributed by atoms with Crippen LogP contribution in [-0.4, -0.2) is 49.3 Å². The molecule has 0 aromatic carbocycles. The molecule has 0 fully saturated rings. The Morgan fingerprint density at radius 3 is 1.03 bits per heavy atom. The number of rotatable bonds is 62. The molecule has 0 bridgehead atoms. The molecule has 2 atom stereocenters. The van der Waals surface area contributed by atoms with Gasteiger partial charge in [0.15, 0.2) is 6.10 Å². The number of phosphoric acid groups is 1. The molecule has 9 nitrogen and oxygen atoms in total. The van der Waals surface area contributed by atoms with Gasteiger partial charge in [-0.05, 0) is 51.4 Å². The molecule has 0 amide bonds. The van der Waals surface area contributed by atoms with Crippen molar-refractivity contribution in [3.63, 3.8) is 0 Å². The number of ether oxygens (including phenoxy) is 2. The smallest absolute Gasteiger partial charge is 0.462 e. The number of nitrogens with two attached hydrogens (primary N) is 1. The van der Waals surface area contributed by atoms with E-state index in [2.05, 4.69) is 50.3 Å². The van der Waals surface area contributed by atoms with Crippen molar-refractivity contribution in [1.29, 1.82) is 0 Å². The topological polar surface area (TPSA) is 134 Å². The van der Waals surface area contributed by atoms with E-state index in [0.717, 1.165) is 70.6 Å². The number of esters is 2. The molecule has 75 heavy (non-hydrogen) atoms. The first-order chi connectivity index (χ1) is 36.8. The van der Waals surface area contributed by atoms with Crippen LogP contribution in [-0.2, 0) is 32.7 Å². The van der Waals surface area contributed by atoms with Gasteiger partial charge in [-0.1, -0.05) is 307 Å². The predicted octanol–water partition coefficient (Wildman–Crippen LogP) is 20.7. The van der Waals surface area contributed by atoms with Gasteiger partial charge in [-0.15, -0.1) is 0 Å². The number of carbonyl (C=O) groups is 2. The predicted molar refractivity (Wildman–Crippen MR) is 321 cm³/mol. The maximum absolute atomic E-state index is 12.7. The summed E-state index contributed by atoms with van der Waals surface area (Å²) >= 11 is 0. The number of carbonyl (C=O) groups excluding carboxylic acids is 2. The molecule has 442 valence electrons. The number of phosphoric ester groups is 1. The zero-order chi connectivity index (χ0) is 54.5. The summed E-state index contributed by atoms with van der Waals surface area (Å²) in [5.41, 5.74) is 5.39. The van der Waals surface area contributed by atoms with Crippen molar-refractivity contribution < 1.29 is 37.6 Å². The van der Waals surface area contributed by atoms with E-state index in [1.807, 2.05) is 0 Å². The highest BCUT2D eigenvalue weighted by molar-refractivity contribution is 7.47. The third-order valence-electron chi connectivity index (χ3n) is 14.5. The highest BCUT2D eigenvalue weighted by Crippen LogP contribution is 2.43. The van der Waals surface area contributed by atoms with E-state index < -0.39 is 26.5 Å². The lowest BCUT2D eigenvalue weighted by atomic mass is 10.0. The Hall–Kier alpha value is -1.77. The summed E-state index contributed by atoms with van der Waals surface area (Å²) in [5.74, 6) is -0.826. The van der Waals surface area contributed by atoms with Gasteiger partial charge >= 0.3 is 19.8 Å². The maximum Gasteiger partial charge on any atom is 0.472 e. The van der Waals surface area contributed by atoms with E-state index in [1.54, 1.807) is 0 Å². The number of hydrogen-bond donors (Lipinski definition) is 2. The van der Waals surface area contributed by atoms with Crippen molar-refractivity contribution in [3.8, 4) is 0 Å². The molecular weight excluding hydrogens is 954 g/mol. The average Bonchev–Trinajstić information content (AvgIpc) is 3.40. The Kier molecular flexibility index (Phi) is 60.0. The lowest BCUT2D eigenvalue weighted by Gasteiger charge is -2.19. The van der Waals surface area contributed by atoms with E-state index in [-0.39, 0.29) is 38.6 Å². The molecule has 0 aliphatic rings. The maximum atomic E-state index is 12.7.